The van der Waals surface area contributed by atoms with Crippen LogP contribution in [0.4, 0.5) is 0 Å². The topological polar surface area (TPSA) is 109 Å². The number of rotatable bonds is 6. The van der Waals surface area contributed by atoms with E-state index in [1.165, 1.54) is 0 Å². The molecule has 29 heavy (non-hydrogen) atoms. The number of carbonyl (C=O) groups is 2. The van der Waals surface area contributed by atoms with E-state index >= 15 is 0 Å². The Hall–Kier alpha value is -3.49. The van der Waals surface area contributed by atoms with Crippen LogP contribution in [0.5, 0.6) is 0 Å². The third kappa shape index (κ3) is 3.75. The van der Waals surface area contributed by atoms with Gasteiger partial charge in [0.05, 0.1) is 30.0 Å². The number of aryl methyl sites for hydroxylation is 2. The molecule has 9 nitrogen and oxygen atoms in total. The van der Waals surface area contributed by atoms with Crippen LogP contribution in [0.3, 0.4) is 0 Å². The lowest BCUT2D eigenvalue weighted by Crippen LogP contribution is -2.56. The average Bonchev–Trinajstić information content (AvgIpc) is 3.29. The first-order chi connectivity index (χ1) is 14.0. The van der Waals surface area contributed by atoms with Gasteiger partial charge >= 0.3 is 0 Å². The van der Waals surface area contributed by atoms with Gasteiger partial charge in [-0.2, -0.15) is 0 Å². The van der Waals surface area contributed by atoms with E-state index < -0.39 is 0 Å². The summed E-state index contributed by atoms with van der Waals surface area (Å²) in [5, 5.41) is 11.0. The standard InChI is InChI=1S/C20H23N7O2/c1-13-17(23-11-22-13)9-18(28)21-10-14-7-8-27(14)20(29)16-6-4-3-5-15(16)19-25-24-12-26(19)2/h3-6,11-12,14H,7-10H2,1-2H3,(H,21,28)(H,22,23). The Morgan fingerprint density at radius 3 is 2.79 bits per heavy atom. The van der Waals surface area contributed by atoms with Crippen molar-refractivity contribution in [3.63, 3.8) is 0 Å². The minimum Gasteiger partial charge on any atom is -0.354 e. The van der Waals surface area contributed by atoms with Crippen molar-refractivity contribution in [3.05, 3.63) is 53.9 Å². The predicted molar refractivity (Wildman–Crippen MR) is 106 cm³/mol. The fourth-order valence-electron chi connectivity index (χ4n) is 3.48. The molecule has 4 rings (SSSR count). The Balaban J connectivity index is 1.41. The Morgan fingerprint density at radius 1 is 1.31 bits per heavy atom. The van der Waals surface area contributed by atoms with E-state index in [2.05, 4.69) is 25.5 Å². The highest BCUT2D eigenvalue weighted by Gasteiger charge is 2.34. The number of carbonyl (C=O) groups excluding carboxylic acids is 2. The first-order valence-electron chi connectivity index (χ1n) is 9.54. The molecule has 0 spiro atoms. The molecule has 2 N–H and O–H groups in total. The molecule has 0 aliphatic carbocycles. The minimum atomic E-state index is -0.0982. The Kier molecular flexibility index (Phi) is 5.11. The zero-order chi connectivity index (χ0) is 20.4. The van der Waals surface area contributed by atoms with Crippen LogP contribution in [0, 0.1) is 6.92 Å². The summed E-state index contributed by atoms with van der Waals surface area (Å²) in [6.45, 7) is 2.99. The van der Waals surface area contributed by atoms with Gasteiger partial charge in [0.15, 0.2) is 5.82 Å². The first kappa shape index (κ1) is 18.9. The second-order valence-electron chi connectivity index (χ2n) is 7.21. The number of likely N-dealkylation sites (tertiary alicyclic amines) is 1. The molecule has 9 heteroatoms. The van der Waals surface area contributed by atoms with Crippen LogP contribution in [-0.4, -0.2) is 60.6 Å². The normalized spacial score (nSPS) is 15.8. The number of aromatic nitrogens is 5. The van der Waals surface area contributed by atoms with Gasteiger partial charge in [-0.25, -0.2) is 4.98 Å². The maximum atomic E-state index is 13.2. The van der Waals surface area contributed by atoms with Crippen molar-refractivity contribution in [1.82, 2.24) is 34.9 Å². The van der Waals surface area contributed by atoms with Crippen molar-refractivity contribution in [3.8, 4) is 11.4 Å². The van der Waals surface area contributed by atoms with Crippen molar-refractivity contribution >= 4 is 11.8 Å². The molecule has 0 bridgehead atoms. The summed E-state index contributed by atoms with van der Waals surface area (Å²) in [7, 11) is 1.85. The van der Waals surface area contributed by atoms with Gasteiger partial charge in [0, 0.05) is 31.4 Å². The molecule has 0 radical (unpaired) electrons. The number of imidazole rings is 1. The smallest absolute Gasteiger partial charge is 0.254 e. The van der Waals surface area contributed by atoms with Crippen LogP contribution in [0.15, 0.2) is 36.9 Å². The number of nitrogens with one attached hydrogen (secondary N) is 2. The van der Waals surface area contributed by atoms with Crippen LogP contribution in [0.25, 0.3) is 11.4 Å². The molecule has 1 saturated heterocycles. The van der Waals surface area contributed by atoms with E-state index in [0.29, 0.717) is 24.5 Å². The third-order valence-electron chi connectivity index (χ3n) is 5.31. The molecule has 1 aliphatic heterocycles. The largest absolute Gasteiger partial charge is 0.354 e. The molecule has 150 valence electrons. The van der Waals surface area contributed by atoms with Crippen molar-refractivity contribution in [2.24, 2.45) is 7.05 Å². The molecule has 1 aromatic carbocycles. The van der Waals surface area contributed by atoms with E-state index in [9.17, 15) is 9.59 Å². The summed E-state index contributed by atoms with van der Waals surface area (Å²) >= 11 is 0. The van der Waals surface area contributed by atoms with E-state index in [1.54, 1.807) is 28.2 Å². The quantitative estimate of drug-likeness (QED) is 0.652. The second kappa shape index (κ2) is 7.86. The maximum absolute atomic E-state index is 13.2. The molecule has 1 fully saturated rings. The van der Waals surface area contributed by atoms with Crippen molar-refractivity contribution < 1.29 is 9.59 Å². The second-order valence-corrected chi connectivity index (χ2v) is 7.21. The lowest BCUT2D eigenvalue weighted by molar-refractivity contribution is -0.120. The van der Waals surface area contributed by atoms with E-state index in [0.717, 1.165) is 23.4 Å². The van der Waals surface area contributed by atoms with Gasteiger partial charge < -0.3 is 19.8 Å². The SMILES string of the molecule is Cc1[nH]cnc1CC(=O)NCC1CCN1C(=O)c1ccccc1-c1nncn1C. The lowest BCUT2D eigenvalue weighted by atomic mass is 9.98. The summed E-state index contributed by atoms with van der Waals surface area (Å²) in [5.41, 5.74) is 2.97. The summed E-state index contributed by atoms with van der Waals surface area (Å²) in [5.74, 6) is 0.491. The molecule has 3 aromatic rings. The van der Waals surface area contributed by atoms with Gasteiger partial charge in [-0.05, 0) is 19.4 Å². The summed E-state index contributed by atoms with van der Waals surface area (Å²) in [4.78, 5) is 34.3. The van der Waals surface area contributed by atoms with Crippen LogP contribution in [-0.2, 0) is 18.3 Å². The highest BCUT2D eigenvalue weighted by molar-refractivity contribution is 6.00. The van der Waals surface area contributed by atoms with Crippen LogP contribution in [0.2, 0.25) is 0 Å². The molecular formula is C20H23N7O2. The molecule has 1 unspecified atom stereocenters. The lowest BCUT2D eigenvalue weighted by Gasteiger charge is -2.41. The molecule has 2 amide bonds. The maximum Gasteiger partial charge on any atom is 0.254 e. The minimum absolute atomic E-state index is 0.0146. The van der Waals surface area contributed by atoms with E-state index in [4.69, 9.17) is 0 Å². The Bertz CT molecular complexity index is 1040. The summed E-state index contributed by atoms with van der Waals surface area (Å²) < 4.78 is 1.79. The number of hydrogen-bond donors (Lipinski definition) is 2. The number of benzene rings is 1. The number of H-pyrrole nitrogens is 1. The molecule has 0 saturated carbocycles. The van der Waals surface area contributed by atoms with Gasteiger partial charge in [0.25, 0.3) is 5.91 Å². The number of nitrogens with zero attached hydrogens (tertiary/aromatic N) is 5. The predicted octanol–water partition coefficient (Wildman–Crippen LogP) is 1.09. The third-order valence-corrected chi connectivity index (χ3v) is 5.31. The van der Waals surface area contributed by atoms with Gasteiger partial charge in [0.2, 0.25) is 5.91 Å². The summed E-state index contributed by atoms with van der Waals surface area (Å²) in [6.07, 6.45) is 4.28. The monoisotopic (exact) mass is 393 g/mol. The van der Waals surface area contributed by atoms with Crippen LogP contribution >= 0.6 is 0 Å². The zero-order valence-electron chi connectivity index (χ0n) is 16.4. The van der Waals surface area contributed by atoms with Gasteiger partial charge in [-0.15, -0.1) is 10.2 Å². The van der Waals surface area contributed by atoms with Gasteiger partial charge in [0.1, 0.15) is 6.33 Å². The van der Waals surface area contributed by atoms with Crippen LogP contribution in [0.1, 0.15) is 28.2 Å². The molecule has 3 heterocycles. The van der Waals surface area contributed by atoms with Crippen molar-refractivity contribution in [2.75, 3.05) is 13.1 Å². The van der Waals surface area contributed by atoms with Crippen molar-refractivity contribution in [2.45, 2.75) is 25.8 Å². The molecule has 2 aromatic heterocycles. The van der Waals surface area contributed by atoms with Crippen LogP contribution < -0.4 is 5.32 Å². The number of amides is 2. The molecular weight excluding hydrogens is 370 g/mol. The Labute approximate surface area is 168 Å². The zero-order valence-corrected chi connectivity index (χ0v) is 16.4. The van der Waals surface area contributed by atoms with E-state index in [1.807, 2.05) is 32.2 Å². The average molecular weight is 393 g/mol. The van der Waals surface area contributed by atoms with E-state index in [-0.39, 0.29) is 24.3 Å². The fraction of sp³-hybridized carbons (Fsp3) is 0.350. The highest BCUT2D eigenvalue weighted by atomic mass is 16.2. The number of hydrogen-bond acceptors (Lipinski definition) is 5. The first-order valence-corrected chi connectivity index (χ1v) is 9.54. The van der Waals surface area contributed by atoms with Gasteiger partial charge in [-0.3, -0.25) is 9.59 Å². The Morgan fingerprint density at radius 2 is 2.14 bits per heavy atom. The van der Waals surface area contributed by atoms with Gasteiger partial charge in [-0.1, -0.05) is 18.2 Å². The summed E-state index contributed by atoms with van der Waals surface area (Å²) in [6, 6.07) is 7.39. The van der Waals surface area contributed by atoms with Crippen molar-refractivity contribution in [1.29, 1.82) is 0 Å². The number of aromatic amines is 1. The molecule has 1 atom stereocenters. The highest BCUT2D eigenvalue weighted by Crippen LogP contribution is 2.26. The fourth-order valence-corrected chi connectivity index (χ4v) is 3.48. The molecule has 1 aliphatic rings.